The molecule has 1 saturated heterocycles. The van der Waals surface area contributed by atoms with Crippen LogP contribution in [0.15, 0.2) is 18.2 Å². The molecule has 6 heteroatoms. The third-order valence-corrected chi connectivity index (χ3v) is 5.82. The molecule has 0 spiro atoms. The number of nitrogens with two attached hydrogens (primary N) is 1. The summed E-state index contributed by atoms with van der Waals surface area (Å²) in [6.45, 7) is 4.72. The second kappa shape index (κ2) is 3.71. The van der Waals surface area contributed by atoms with Crippen LogP contribution >= 0.6 is 0 Å². The maximum atomic E-state index is 12.0. The maximum Gasteiger partial charge on any atom is 0.259 e. The molecule has 1 aromatic carbocycles. The van der Waals surface area contributed by atoms with Crippen LogP contribution < -0.4 is 5.73 Å². The molecule has 5 nitrogen and oxygen atoms in total. The van der Waals surface area contributed by atoms with Crippen LogP contribution in [0.2, 0.25) is 0 Å². The van der Waals surface area contributed by atoms with Gasteiger partial charge in [-0.2, -0.15) is 0 Å². The number of hydrogen-bond acceptors (Lipinski definition) is 4. The van der Waals surface area contributed by atoms with E-state index in [1.807, 2.05) is 6.92 Å². The van der Waals surface area contributed by atoms with Crippen molar-refractivity contribution in [2.75, 3.05) is 5.73 Å². The van der Waals surface area contributed by atoms with Crippen molar-refractivity contribution in [3.63, 3.8) is 0 Å². The highest BCUT2D eigenvalue weighted by Gasteiger charge is 2.59. The highest BCUT2D eigenvalue weighted by Crippen LogP contribution is 2.36. The topological polar surface area (TPSA) is 80.5 Å². The highest BCUT2D eigenvalue weighted by atomic mass is 32.2. The number of carbonyl (C=O) groups is 1. The van der Waals surface area contributed by atoms with Crippen LogP contribution in [0, 0.1) is 6.92 Å². The Balaban J connectivity index is 2.33. The van der Waals surface area contributed by atoms with Crippen LogP contribution in [-0.4, -0.2) is 23.4 Å². The summed E-state index contributed by atoms with van der Waals surface area (Å²) in [5.74, 6) is -0.371. The van der Waals surface area contributed by atoms with Crippen LogP contribution in [-0.2, 0) is 21.4 Å². The minimum absolute atomic E-state index is 0.0570. The first-order valence-electron chi connectivity index (χ1n) is 5.60. The predicted octanol–water partition coefficient (Wildman–Crippen LogP) is 1.03. The van der Waals surface area contributed by atoms with Crippen LogP contribution in [0.25, 0.3) is 0 Å². The molecule has 0 unspecified atom stereocenters. The van der Waals surface area contributed by atoms with Gasteiger partial charge in [0, 0.05) is 5.69 Å². The van der Waals surface area contributed by atoms with Gasteiger partial charge in [-0.3, -0.25) is 4.79 Å². The van der Waals surface area contributed by atoms with Crippen molar-refractivity contribution in [3.05, 3.63) is 29.3 Å². The summed E-state index contributed by atoms with van der Waals surface area (Å²) in [5.41, 5.74) is 7.92. The van der Waals surface area contributed by atoms with E-state index in [9.17, 15) is 13.2 Å². The van der Waals surface area contributed by atoms with Crippen LogP contribution in [0.5, 0.6) is 0 Å². The average Bonchev–Trinajstić information content (AvgIpc) is 2.29. The summed E-state index contributed by atoms with van der Waals surface area (Å²) in [6, 6.07) is 5.27. The van der Waals surface area contributed by atoms with Gasteiger partial charge < -0.3 is 5.73 Å². The molecule has 0 aliphatic carbocycles. The first-order chi connectivity index (χ1) is 8.19. The maximum absolute atomic E-state index is 12.0. The van der Waals surface area contributed by atoms with Gasteiger partial charge in [0.25, 0.3) is 15.9 Å². The second-order valence-corrected chi connectivity index (χ2v) is 7.37. The Kier molecular flexibility index (Phi) is 2.66. The molecular weight excluding hydrogens is 252 g/mol. The number of amides is 1. The van der Waals surface area contributed by atoms with E-state index >= 15 is 0 Å². The Morgan fingerprint density at radius 2 is 1.94 bits per heavy atom. The van der Waals surface area contributed by atoms with Gasteiger partial charge in [0.2, 0.25) is 0 Å². The number of rotatable bonds is 2. The van der Waals surface area contributed by atoms with Crippen molar-refractivity contribution < 1.29 is 13.2 Å². The lowest BCUT2D eigenvalue weighted by atomic mass is 10.1. The summed E-state index contributed by atoms with van der Waals surface area (Å²) < 4.78 is 23.5. The Labute approximate surface area is 107 Å². The molecule has 1 aliphatic heterocycles. The minimum atomic E-state index is -3.53. The Morgan fingerprint density at radius 3 is 2.50 bits per heavy atom. The average molecular weight is 268 g/mol. The lowest BCUT2D eigenvalue weighted by molar-refractivity contribution is -0.132. The van der Waals surface area contributed by atoms with Crippen molar-refractivity contribution >= 4 is 21.6 Å². The third-order valence-electron chi connectivity index (χ3n) is 3.48. The summed E-state index contributed by atoms with van der Waals surface area (Å²) in [7, 11) is -3.53. The van der Waals surface area contributed by atoms with E-state index in [2.05, 4.69) is 0 Å². The monoisotopic (exact) mass is 268 g/mol. The van der Waals surface area contributed by atoms with Crippen molar-refractivity contribution in [2.24, 2.45) is 0 Å². The van der Waals surface area contributed by atoms with Gasteiger partial charge >= 0.3 is 0 Å². The molecule has 0 aromatic heterocycles. The lowest BCUT2D eigenvalue weighted by Gasteiger charge is -2.43. The first kappa shape index (κ1) is 12.9. The van der Waals surface area contributed by atoms with E-state index in [-0.39, 0.29) is 12.5 Å². The molecule has 0 atom stereocenters. The van der Waals surface area contributed by atoms with Gasteiger partial charge in [-0.1, -0.05) is 12.1 Å². The van der Waals surface area contributed by atoms with E-state index in [0.29, 0.717) is 5.69 Å². The van der Waals surface area contributed by atoms with E-state index in [1.165, 1.54) is 13.8 Å². The SMILES string of the molecule is Cc1c(N)cccc1CN1C(=O)C(C)(C)S1(=O)=O. The van der Waals surface area contributed by atoms with Crippen molar-refractivity contribution in [3.8, 4) is 0 Å². The number of carbonyl (C=O) groups excluding carboxylic acids is 1. The fourth-order valence-corrected chi connectivity index (χ4v) is 3.45. The predicted molar refractivity (Wildman–Crippen MR) is 69.1 cm³/mol. The first-order valence-corrected chi connectivity index (χ1v) is 7.04. The van der Waals surface area contributed by atoms with Gasteiger partial charge in [-0.05, 0) is 38.0 Å². The van der Waals surface area contributed by atoms with Gasteiger partial charge in [0.1, 0.15) is 0 Å². The molecule has 0 radical (unpaired) electrons. The number of nitrogens with zero attached hydrogens (tertiary/aromatic N) is 1. The van der Waals surface area contributed by atoms with Crippen LogP contribution in [0.1, 0.15) is 25.0 Å². The minimum Gasteiger partial charge on any atom is -0.399 e. The number of benzene rings is 1. The number of sulfonamides is 1. The fourth-order valence-electron chi connectivity index (χ4n) is 1.94. The Hall–Kier alpha value is -1.56. The molecule has 1 fully saturated rings. The van der Waals surface area contributed by atoms with E-state index < -0.39 is 14.8 Å². The summed E-state index contributed by atoms with van der Waals surface area (Å²) in [4.78, 5) is 11.8. The molecular formula is C12H16N2O3S. The fraction of sp³-hybridized carbons (Fsp3) is 0.417. The highest BCUT2D eigenvalue weighted by molar-refractivity contribution is 7.94. The molecule has 18 heavy (non-hydrogen) atoms. The zero-order chi connectivity index (χ0) is 13.7. The van der Waals surface area contributed by atoms with Gasteiger partial charge in [-0.15, -0.1) is 0 Å². The standard InChI is InChI=1S/C12H16N2O3S/c1-8-9(5-4-6-10(8)13)7-14-11(15)12(2,3)18(14,16)17/h4-6H,7,13H2,1-3H3. The van der Waals surface area contributed by atoms with E-state index in [1.54, 1.807) is 18.2 Å². The van der Waals surface area contributed by atoms with E-state index in [4.69, 9.17) is 5.73 Å². The zero-order valence-electron chi connectivity index (χ0n) is 10.6. The zero-order valence-corrected chi connectivity index (χ0v) is 11.4. The third kappa shape index (κ3) is 1.52. The van der Waals surface area contributed by atoms with Gasteiger partial charge in [0.05, 0.1) is 6.54 Å². The molecule has 0 saturated carbocycles. The van der Waals surface area contributed by atoms with Gasteiger partial charge in [0.15, 0.2) is 4.75 Å². The smallest absolute Gasteiger partial charge is 0.259 e. The lowest BCUT2D eigenvalue weighted by Crippen LogP contribution is -2.66. The quantitative estimate of drug-likeness (QED) is 0.812. The molecule has 2 rings (SSSR count). The molecule has 1 heterocycles. The molecule has 0 bridgehead atoms. The van der Waals surface area contributed by atoms with Crippen molar-refractivity contribution in [2.45, 2.75) is 32.1 Å². The molecule has 1 amide bonds. The summed E-state index contributed by atoms with van der Waals surface area (Å²) >= 11 is 0. The Morgan fingerprint density at radius 1 is 1.33 bits per heavy atom. The van der Waals surface area contributed by atoms with Crippen molar-refractivity contribution in [1.82, 2.24) is 4.31 Å². The number of nitrogen functional groups attached to an aromatic ring is 1. The molecule has 1 aromatic rings. The Bertz CT molecular complexity index is 620. The van der Waals surface area contributed by atoms with E-state index in [0.717, 1.165) is 15.4 Å². The van der Waals surface area contributed by atoms with Crippen LogP contribution in [0.3, 0.4) is 0 Å². The van der Waals surface area contributed by atoms with Crippen molar-refractivity contribution in [1.29, 1.82) is 0 Å². The van der Waals surface area contributed by atoms with Crippen LogP contribution in [0.4, 0.5) is 5.69 Å². The number of anilines is 1. The molecule has 98 valence electrons. The van der Waals surface area contributed by atoms with Gasteiger partial charge in [-0.25, -0.2) is 12.7 Å². The normalized spacial score (nSPS) is 20.6. The molecule has 1 aliphatic rings. The largest absolute Gasteiger partial charge is 0.399 e. The summed E-state index contributed by atoms with van der Waals surface area (Å²) in [5, 5.41) is 0. The molecule has 2 N–H and O–H groups in total. The number of hydrogen-bond donors (Lipinski definition) is 1. The second-order valence-electron chi connectivity index (χ2n) is 4.96. The summed E-state index contributed by atoms with van der Waals surface area (Å²) in [6.07, 6.45) is 0.